The van der Waals surface area contributed by atoms with Gasteiger partial charge in [-0.05, 0) is 31.4 Å². The number of hydrogen-bond donors (Lipinski definition) is 3. The van der Waals surface area contributed by atoms with E-state index in [0.29, 0.717) is 17.2 Å². The average molecular weight is 292 g/mol. The van der Waals surface area contributed by atoms with Crippen LogP contribution in [-0.2, 0) is 0 Å². The van der Waals surface area contributed by atoms with E-state index < -0.39 is 5.97 Å². The van der Waals surface area contributed by atoms with E-state index in [-0.39, 0.29) is 17.6 Å². The Balaban J connectivity index is 2.80. The Morgan fingerprint density at radius 3 is 2.38 bits per heavy atom. The summed E-state index contributed by atoms with van der Waals surface area (Å²) >= 11 is 0. The van der Waals surface area contributed by atoms with E-state index in [0.717, 1.165) is 12.8 Å². The van der Waals surface area contributed by atoms with E-state index in [1.165, 1.54) is 0 Å². The third kappa shape index (κ3) is 4.48. The molecule has 0 bridgehead atoms. The van der Waals surface area contributed by atoms with Crippen LogP contribution in [0.2, 0.25) is 0 Å². The lowest BCUT2D eigenvalue weighted by Crippen LogP contribution is -2.40. The number of carboxylic acids is 1. The minimum Gasteiger partial charge on any atom is -0.478 e. The second kappa shape index (κ2) is 7.67. The summed E-state index contributed by atoms with van der Waals surface area (Å²) in [7, 11) is 0. The van der Waals surface area contributed by atoms with Crippen LogP contribution in [0.5, 0.6) is 0 Å². The lowest BCUT2D eigenvalue weighted by Gasteiger charge is -2.23. The minimum atomic E-state index is -1.04. The third-order valence-electron chi connectivity index (χ3n) is 3.85. The molecule has 5 nitrogen and oxygen atoms in total. The summed E-state index contributed by atoms with van der Waals surface area (Å²) in [5.41, 5.74) is 1.06. The highest BCUT2D eigenvalue weighted by Gasteiger charge is 2.18. The average Bonchev–Trinajstić information content (AvgIpc) is 2.39. The Morgan fingerprint density at radius 2 is 1.86 bits per heavy atom. The van der Waals surface area contributed by atoms with Crippen molar-refractivity contribution in [1.82, 2.24) is 5.32 Å². The van der Waals surface area contributed by atoms with E-state index in [4.69, 9.17) is 0 Å². The molecule has 21 heavy (non-hydrogen) atoms. The van der Waals surface area contributed by atoms with Crippen molar-refractivity contribution in [2.45, 2.75) is 46.6 Å². The third-order valence-corrected chi connectivity index (χ3v) is 3.85. The van der Waals surface area contributed by atoms with Gasteiger partial charge < -0.3 is 15.7 Å². The summed E-state index contributed by atoms with van der Waals surface area (Å²) < 4.78 is 0. The van der Waals surface area contributed by atoms with Crippen LogP contribution in [-0.4, -0.2) is 23.1 Å². The molecule has 1 aromatic carbocycles. The van der Waals surface area contributed by atoms with Crippen LogP contribution in [0.25, 0.3) is 0 Å². The van der Waals surface area contributed by atoms with Gasteiger partial charge in [-0.1, -0.05) is 38.8 Å². The van der Waals surface area contributed by atoms with Gasteiger partial charge in [0.05, 0.1) is 11.3 Å². The van der Waals surface area contributed by atoms with Crippen LogP contribution in [0.4, 0.5) is 10.5 Å². The molecule has 0 spiro atoms. The van der Waals surface area contributed by atoms with Gasteiger partial charge >= 0.3 is 12.0 Å². The predicted molar refractivity (Wildman–Crippen MR) is 83.8 cm³/mol. The summed E-state index contributed by atoms with van der Waals surface area (Å²) in [6.45, 7) is 7.85. The van der Waals surface area contributed by atoms with Crippen LogP contribution in [0.3, 0.4) is 0 Å². The van der Waals surface area contributed by atoms with Crippen molar-refractivity contribution in [1.29, 1.82) is 0 Å². The van der Waals surface area contributed by atoms with Crippen LogP contribution in [0, 0.1) is 12.8 Å². The highest BCUT2D eigenvalue weighted by Crippen LogP contribution is 2.20. The molecule has 3 N–H and O–H groups in total. The molecule has 1 rings (SSSR count). The zero-order valence-electron chi connectivity index (χ0n) is 13.1. The molecule has 1 atom stereocenters. The lowest BCUT2D eigenvalue weighted by atomic mass is 9.96. The van der Waals surface area contributed by atoms with Crippen molar-refractivity contribution in [3.05, 3.63) is 29.3 Å². The first-order valence-corrected chi connectivity index (χ1v) is 7.31. The van der Waals surface area contributed by atoms with Gasteiger partial charge in [-0.15, -0.1) is 0 Å². The zero-order chi connectivity index (χ0) is 16.0. The number of aromatic carboxylic acids is 1. The number of aryl methyl sites for hydroxylation is 1. The number of anilines is 1. The first-order chi connectivity index (χ1) is 9.90. The number of carboxylic acid groups (broad SMARTS) is 1. The van der Waals surface area contributed by atoms with Crippen LogP contribution in [0.1, 0.15) is 49.5 Å². The molecular weight excluding hydrogens is 268 g/mol. The first kappa shape index (κ1) is 17.0. The molecule has 116 valence electrons. The largest absolute Gasteiger partial charge is 0.478 e. The molecule has 0 aromatic heterocycles. The molecule has 0 heterocycles. The number of carbonyl (C=O) groups is 2. The maximum atomic E-state index is 12.0. The molecule has 0 radical (unpaired) electrons. The molecule has 5 heteroatoms. The maximum Gasteiger partial charge on any atom is 0.338 e. The van der Waals surface area contributed by atoms with Gasteiger partial charge in [0.1, 0.15) is 0 Å². The number of hydrogen-bond acceptors (Lipinski definition) is 2. The zero-order valence-corrected chi connectivity index (χ0v) is 13.1. The van der Waals surface area contributed by atoms with E-state index in [1.807, 2.05) is 6.92 Å². The second-order valence-corrected chi connectivity index (χ2v) is 5.27. The van der Waals surface area contributed by atoms with Gasteiger partial charge in [0.15, 0.2) is 0 Å². The van der Waals surface area contributed by atoms with E-state index in [1.54, 1.807) is 25.1 Å². The van der Waals surface area contributed by atoms with E-state index in [2.05, 4.69) is 24.5 Å². The quantitative estimate of drug-likeness (QED) is 0.749. The van der Waals surface area contributed by atoms with E-state index in [9.17, 15) is 14.7 Å². The maximum absolute atomic E-state index is 12.0. The van der Waals surface area contributed by atoms with Crippen molar-refractivity contribution in [3.63, 3.8) is 0 Å². The highest BCUT2D eigenvalue weighted by molar-refractivity contribution is 6.01. The fraction of sp³-hybridized carbons (Fsp3) is 0.500. The highest BCUT2D eigenvalue weighted by atomic mass is 16.4. The fourth-order valence-corrected chi connectivity index (χ4v) is 2.53. The molecule has 2 amide bonds. The number of nitrogens with one attached hydrogen (secondary N) is 2. The molecule has 0 aliphatic rings. The molecule has 0 saturated heterocycles. The summed E-state index contributed by atoms with van der Waals surface area (Å²) in [6, 6.07) is 4.69. The number of rotatable bonds is 6. The number of carbonyl (C=O) groups excluding carboxylic acids is 1. The summed E-state index contributed by atoms with van der Waals surface area (Å²) in [4.78, 5) is 23.3. The summed E-state index contributed by atoms with van der Waals surface area (Å²) in [5, 5.41) is 14.7. The van der Waals surface area contributed by atoms with Crippen molar-refractivity contribution in [2.75, 3.05) is 5.32 Å². The van der Waals surface area contributed by atoms with Gasteiger partial charge in [0.25, 0.3) is 0 Å². The first-order valence-electron chi connectivity index (χ1n) is 7.31. The van der Waals surface area contributed by atoms with Gasteiger partial charge in [-0.3, -0.25) is 0 Å². The van der Waals surface area contributed by atoms with Gasteiger partial charge in [-0.25, -0.2) is 9.59 Å². The standard InChI is InChI=1S/C16H24N2O3/c1-5-12(6-2)11(4)17-16(21)18-13-9-7-8-10(3)14(13)15(19)20/h7-9,11-12H,5-6H2,1-4H3,(H,19,20)(H2,17,18,21). The molecule has 0 aliphatic carbocycles. The van der Waals surface area contributed by atoms with Gasteiger partial charge in [-0.2, -0.15) is 0 Å². The van der Waals surface area contributed by atoms with E-state index >= 15 is 0 Å². The topological polar surface area (TPSA) is 78.4 Å². The summed E-state index contributed by atoms with van der Waals surface area (Å²) in [6.07, 6.45) is 1.98. The van der Waals surface area contributed by atoms with Gasteiger partial charge in [0, 0.05) is 6.04 Å². The molecule has 0 fully saturated rings. The van der Waals surface area contributed by atoms with Crippen molar-refractivity contribution < 1.29 is 14.7 Å². The molecule has 1 unspecified atom stereocenters. The fourth-order valence-electron chi connectivity index (χ4n) is 2.53. The van der Waals surface area contributed by atoms with Crippen LogP contribution in [0.15, 0.2) is 18.2 Å². The number of amides is 2. The van der Waals surface area contributed by atoms with Crippen molar-refractivity contribution >= 4 is 17.7 Å². The number of urea groups is 1. The molecule has 0 saturated carbocycles. The Labute approximate surface area is 125 Å². The molecule has 0 aliphatic heterocycles. The Kier molecular flexibility index (Phi) is 6.21. The Morgan fingerprint density at radius 1 is 1.24 bits per heavy atom. The lowest BCUT2D eigenvalue weighted by molar-refractivity contribution is 0.0697. The molecule has 1 aromatic rings. The van der Waals surface area contributed by atoms with Crippen LogP contribution < -0.4 is 10.6 Å². The Bertz CT molecular complexity index is 510. The molecular formula is C16H24N2O3. The number of benzene rings is 1. The normalized spacial score (nSPS) is 12.0. The smallest absolute Gasteiger partial charge is 0.338 e. The van der Waals surface area contributed by atoms with Crippen molar-refractivity contribution in [2.24, 2.45) is 5.92 Å². The Hall–Kier alpha value is -2.04. The van der Waals surface area contributed by atoms with Crippen molar-refractivity contribution in [3.8, 4) is 0 Å². The predicted octanol–water partition coefficient (Wildman–Crippen LogP) is 3.64. The SMILES string of the molecule is CCC(CC)C(C)NC(=O)Nc1cccc(C)c1C(=O)O. The minimum absolute atomic E-state index is 0.0399. The van der Waals surface area contributed by atoms with Gasteiger partial charge in [0.2, 0.25) is 0 Å². The second-order valence-electron chi connectivity index (χ2n) is 5.27. The summed E-state index contributed by atoms with van der Waals surface area (Å²) in [5.74, 6) is -0.636. The monoisotopic (exact) mass is 292 g/mol. The van der Waals surface area contributed by atoms with Crippen LogP contribution >= 0.6 is 0 Å².